The summed E-state index contributed by atoms with van der Waals surface area (Å²) in [5, 5.41) is 21.5. The first-order valence-corrected chi connectivity index (χ1v) is 13.4. The van der Waals surface area contributed by atoms with Crippen molar-refractivity contribution in [2.45, 2.75) is 110 Å². The highest BCUT2D eigenvalue weighted by Crippen LogP contribution is 2.71. The normalized spacial score (nSPS) is 63.3. The number of ether oxygens (including phenoxy) is 2. The van der Waals surface area contributed by atoms with Crippen LogP contribution in [0.5, 0.6) is 0 Å². The standard InChI is InChI=1S/C27H44O4/c1-15-7-10-27(30-14-15)16(2)24-22(31-27)13-21-19-6-5-17-11-18(28)12-23(29)26(17,4)20(19)8-9-25(21,24)3/h15-24,28-29H,5-14H2,1-4H3/t15-,16+,17+,18+,19+,20-,21-,22+,23-,24+,25+,26+,27-/m1/s1. The zero-order valence-corrected chi connectivity index (χ0v) is 20.1. The Kier molecular flexibility index (Phi) is 4.78. The fourth-order valence-electron chi connectivity index (χ4n) is 10.3. The zero-order valence-electron chi connectivity index (χ0n) is 20.1. The largest absolute Gasteiger partial charge is 0.393 e. The molecular formula is C27H44O4. The predicted octanol–water partition coefficient (Wildman–Crippen LogP) is 4.76. The molecule has 2 saturated heterocycles. The van der Waals surface area contributed by atoms with Gasteiger partial charge in [-0.25, -0.2) is 0 Å². The average Bonchev–Trinajstić information content (AvgIpc) is 3.16. The van der Waals surface area contributed by atoms with Gasteiger partial charge in [-0.2, -0.15) is 0 Å². The van der Waals surface area contributed by atoms with Crippen molar-refractivity contribution in [3.63, 3.8) is 0 Å². The van der Waals surface area contributed by atoms with Crippen molar-refractivity contribution in [2.75, 3.05) is 6.61 Å². The Bertz CT molecular complexity index is 716. The monoisotopic (exact) mass is 432 g/mol. The van der Waals surface area contributed by atoms with E-state index >= 15 is 0 Å². The fraction of sp³-hybridized carbons (Fsp3) is 1.00. The molecule has 0 aromatic heterocycles. The highest BCUT2D eigenvalue weighted by Gasteiger charge is 2.69. The van der Waals surface area contributed by atoms with Gasteiger partial charge in [-0.3, -0.25) is 0 Å². The minimum atomic E-state index is -0.351. The summed E-state index contributed by atoms with van der Waals surface area (Å²) in [6.07, 6.45) is 9.56. The van der Waals surface area contributed by atoms with Crippen LogP contribution in [-0.2, 0) is 9.47 Å². The number of hydrogen-bond acceptors (Lipinski definition) is 4. The third kappa shape index (κ3) is 2.74. The van der Waals surface area contributed by atoms with E-state index in [1.165, 1.54) is 38.5 Å². The van der Waals surface area contributed by atoms with Gasteiger partial charge in [-0.15, -0.1) is 0 Å². The van der Waals surface area contributed by atoms with Gasteiger partial charge in [0.15, 0.2) is 5.79 Å². The van der Waals surface area contributed by atoms with Crippen LogP contribution < -0.4 is 0 Å². The second kappa shape index (κ2) is 6.93. The van der Waals surface area contributed by atoms with Crippen LogP contribution >= 0.6 is 0 Å². The fourth-order valence-corrected chi connectivity index (χ4v) is 10.3. The van der Waals surface area contributed by atoms with Crippen molar-refractivity contribution in [3.05, 3.63) is 0 Å². The quantitative estimate of drug-likeness (QED) is 0.579. The second-order valence-corrected chi connectivity index (χ2v) is 13.2. The Labute approximate surface area is 188 Å². The molecular weight excluding hydrogens is 388 g/mol. The molecule has 0 aromatic carbocycles. The topological polar surface area (TPSA) is 58.9 Å². The van der Waals surface area contributed by atoms with Crippen LogP contribution in [0.25, 0.3) is 0 Å². The number of hydrogen-bond donors (Lipinski definition) is 2. The lowest BCUT2D eigenvalue weighted by Gasteiger charge is -2.62. The first-order valence-electron chi connectivity index (χ1n) is 13.4. The van der Waals surface area contributed by atoms with Crippen molar-refractivity contribution in [1.82, 2.24) is 0 Å². The van der Waals surface area contributed by atoms with Gasteiger partial charge in [0.25, 0.3) is 0 Å². The molecule has 2 N–H and O–H groups in total. The SMILES string of the molecule is C[C@@H]1CC[C@@]2(OC1)O[C@H]1C[C@@H]3[C@H]4CC[C@H]5C[C@H](O)C[C@@H](O)[C@]5(C)[C@@H]4CC[C@]3(C)[C@H]1[C@@H]2C. The minimum absolute atomic E-state index is 0.0164. The van der Waals surface area contributed by atoms with E-state index in [1.54, 1.807) is 0 Å². The number of rotatable bonds is 0. The van der Waals surface area contributed by atoms with Gasteiger partial charge in [0.1, 0.15) is 0 Å². The maximum Gasteiger partial charge on any atom is 0.171 e. The highest BCUT2D eigenvalue weighted by molar-refractivity contribution is 5.16. The average molecular weight is 433 g/mol. The summed E-state index contributed by atoms with van der Waals surface area (Å²) in [6.45, 7) is 10.5. The molecule has 0 radical (unpaired) electrons. The maximum absolute atomic E-state index is 11.2. The summed E-state index contributed by atoms with van der Waals surface area (Å²) >= 11 is 0. The smallest absolute Gasteiger partial charge is 0.171 e. The Morgan fingerprint density at radius 3 is 2.42 bits per heavy atom. The van der Waals surface area contributed by atoms with E-state index < -0.39 is 0 Å². The first-order chi connectivity index (χ1) is 14.7. The van der Waals surface area contributed by atoms with E-state index in [0.717, 1.165) is 19.4 Å². The zero-order chi connectivity index (χ0) is 21.8. The Morgan fingerprint density at radius 1 is 0.871 bits per heavy atom. The van der Waals surface area contributed by atoms with Gasteiger partial charge < -0.3 is 19.7 Å². The number of fused-ring (bicyclic) bond motifs is 7. The van der Waals surface area contributed by atoms with Crippen LogP contribution in [0.3, 0.4) is 0 Å². The van der Waals surface area contributed by atoms with E-state index in [9.17, 15) is 10.2 Å². The summed E-state index contributed by atoms with van der Waals surface area (Å²) in [6, 6.07) is 0. The van der Waals surface area contributed by atoms with Gasteiger partial charge in [0.2, 0.25) is 0 Å². The van der Waals surface area contributed by atoms with Gasteiger partial charge in [0.05, 0.1) is 24.9 Å². The third-order valence-electron chi connectivity index (χ3n) is 12.0. The molecule has 6 fully saturated rings. The van der Waals surface area contributed by atoms with Crippen molar-refractivity contribution < 1.29 is 19.7 Å². The van der Waals surface area contributed by atoms with Crippen LogP contribution in [0, 0.1) is 52.3 Å². The van der Waals surface area contributed by atoms with E-state index in [0.29, 0.717) is 59.4 Å². The lowest BCUT2D eigenvalue weighted by Crippen LogP contribution is -2.59. The van der Waals surface area contributed by atoms with Crippen LogP contribution in [0.15, 0.2) is 0 Å². The first kappa shape index (κ1) is 21.4. The molecule has 0 bridgehead atoms. The van der Waals surface area contributed by atoms with Crippen LogP contribution in [-0.4, -0.2) is 40.9 Å². The van der Waals surface area contributed by atoms with Gasteiger partial charge in [-0.1, -0.05) is 27.7 Å². The van der Waals surface area contributed by atoms with E-state index in [2.05, 4.69) is 27.7 Å². The van der Waals surface area contributed by atoms with Crippen molar-refractivity contribution >= 4 is 0 Å². The van der Waals surface area contributed by atoms with Crippen LogP contribution in [0.2, 0.25) is 0 Å². The molecule has 0 amide bonds. The van der Waals surface area contributed by atoms with E-state index in [4.69, 9.17) is 9.47 Å². The van der Waals surface area contributed by atoms with E-state index in [1.807, 2.05) is 0 Å². The summed E-state index contributed by atoms with van der Waals surface area (Å²) in [7, 11) is 0. The molecule has 1 spiro atoms. The summed E-state index contributed by atoms with van der Waals surface area (Å²) in [4.78, 5) is 0. The molecule has 13 atom stereocenters. The number of aliphatic hydroxyl groups excluding tert-OH is 2. The minimum Gasteiger partial charge on any atom is -0.393 e. The molecule has 0 aromatic rings. The Balaban J connectivity index is 1.27. The predicted molar refractivity (Wildman–Crippen MR) is 119 cm³/mol. The van der Waals surface area contributed by atoms with Crippen molar-refractivity contribution in [3.8, 4) is 0 Å². The molecule has 2 heterocycles. The van der Waals surface area contributed by atoms with Gasteiger partial charge >= 0.3 is 0 Å². The van der Waals surface area contributed by atoms with Gasteiger partial charge in [-0.05, 0) is 97.7 Å². The summed E-state index contributed by atoms with van der Waals surface area (Å²) in [5.41, 5.74) is 0.320. The van der Waals surface area contributed by atoms with Crippen molar-refractivity contribution in [1.29, 1.82) is 0 Å². The molecule has 31 heavy (non-hydrogen) atoms. The summed E-state index contributed by atoms with van der Waals surface area (Å²) < 4.78 is 13.3. The molecule has 4 heteroatoms. The molecule has 176 valence electrons. The Morgan fingerprint density at radius 2 is 1.68 bits per heavy atom. The van der Waals surface area contributed by atoms with Crippen molar-refractivity contribution in [2.24, 2.45) is 52.3 Å². The molecule has 6 rings (SSSR count). The van der Waals surface area contributed by atoms with Crippen LogP contribution in [0.1, 0.15) is 85.5 Å². The lowest BCUT2D eigenvalue weighted by molar-refractivity contribution is -0.273. The molecule has 6 aliphatic rings. The maximum atomic E-state index is 11.2. The number of aliphatic hydroxyl groups is 2. The third-order valence-corrected chi connectivity index (χ3v) is 12.0. The Hall–Kier alpha value is -0.160. The van der Waals surface area contributed by atoms with Crippen LogP contribution in [0.4, 0.5) is 0 Å². The molecule has 4 nitrogen and oxygen atoms in total. The molecule has 4 aliphatic carbocycles. The lowest BCUT2D eigenvalue weighted by atomic mass is 9.43. The van der Waals surface area contributed by atoms with Gasteiger partial charge in [0, 0.05) is 12.3 Å². The molecule has 0 unspecified atom stereocenters. The van der Waals surface area contributed by atoms with E-state index in [-0.39, 0.29) is 23.4 Å². The second-order valence-electron chi connectivity index (χ2n) is 13.2. The molecule has 2 aliphatic heterocycles. The molecule has 4 saturated carbocycles. The highest BCUT2D eigenvalue weighted by atomic mass is 16.7. The summed E-state index contributed by atoms with van der Waals surface area (Å²) in [5.74, 6) is 3.89.